The fourth-order valence-corrected chi connectivity index (χ4v) is 3.33. The van der Waals surface area contributed by atoms with Crippen LogP contribution in [0.1, 0.15) is 11.7 Å². The van der Waals surface area contributed by atoms with Crippen LogP contribution in [0.2, 0.25) is 0 Å². The van der Waals surface area contributed by atoms with Crippen molar-refractivity contribution in [3.05, 3.63) is 48.3 Å². The number of nitrogens with one attached hydrogen (secondary N) is 2. The number of anilines is 1. The van der Waals surface area contributed by atoms with Crippen LogP contribution in [-0.2, 0) is 21.4 Å². The minimum absolute atomic E-state index is 0.139. The molecule has 1 aromatic heterocycles. The summed E-state index contributed by atoms with van der Waals surface area (Å²) in [4.78, 5) is 26.7. The van der Waals surface area contributed by atoms with Gasteiger partial charge < -0.3 is 24.7 Å². The van der Waals surface area contributed by atoms with E-state index < -0.39 is 23.9 Å². The molecule has 3 rings (SSSR count). The summed E-state index contributed by atoms with van der Waals surface area (Å²) in [5, 5.41) is 4.99. The number of hydrogen-bond acceptors (Lipinski definition) is 5. The molecule has 1 fully saturated rings. The Hall–Kier alpha value is -3.05. The zero-order valence-corrected chi connectivity index (χ0v) is 16.8. The molecule has 0 radical (unpaired) electrons. The van der Waals surface area contributed by atoms with Gasteiger partial charge in [0.1, 0.15) is 5.75 Å². The number of halogens is 3. The van der Waals surface area contributed by atoms with Crippen molar-refractivity contribution in [2.24, 2.45) is 7.05 Å². The van der Waals surface area contributed by atoms with Crippen molar-refractivity contribution in [3.8, 4) is 5.75 Å². The summed E-state index contributed by atoms with van der Waals surface area (Å²) in [7, 11) is 1.91. The van der Waals surface area contributed by atoms with Crippen LogP contribution in [0.5, 0.6) is 5.75 Å². The Bertz CT molecular complexity index is 893. The van der Waals surface area contributed by atoms with Gasteiger partial charge in [-0.15, -0.1) is 13.2 Å². The lowest BCUT2D eigenvalue weighted by atomic mass is 10.1. The van der Waals surface area contributed by atoms with Crippen LogP contribution in [0.25, 0.3) is 0 Å². The number of benzene rings is 1. The number of carbonyl (C=O) groups excluding carboxylic acids is 2. The lowest BCUT2D eigenvalue weighted by molar-refractivity contribution is -0.274. The number of aryl methyl sites for hydroxylation is 1. The van der Waals surface area contributed by atoms with Crippen LogP contribution in [0.4, 0.5) is 18.9 Å². The van der Waals surface area contributed by atoms with Gasteiger partial charge in [-0.05, 0) is 36.4 Å². The average molecular weight is 440 g/mol. The maximum atomic E-state index is 12.3. The number of aromatic nitrogens is 1. The number of hydrogen-bond donors (Lipinski definition) is 2. The van der Waals surface area contributed by atoms with Crippen molar-refractivity contribution in [3.63, 3.8) is 0 Å². The van der Waals surface area contributed by atoms with Gasteiger partial charge >= 0.3 is 18.2 Å². The van der Waals surface area contributed by atoms with Crippen molar-refractivity contribution in [2.75, 3.05) is 38.2 Å². The third kappa shape index (κ3) is 6.46. The molecule has 2 aromatic rings. The maximum Gasteiger partial charge on any atom is 0.573 e. The van der Waals surface area contributed by atoms with Crippen LogP contribution in [0.3, 0.4) is 0 Å². The number of morpholine rings is 1. The molecular weight excluding hydrogens is 417 g/mol. The molecule has 2 amide bonds. The summed E-state index contributed by atoms with van der Waals surface area (Å²) in [6, 6.07) is 8.25. The summed E-state index contributed by atoms with van der Waals surface area (Å²) in [6.07, 6.45) is -2.90. The highest BCUT2D eigenvalue weighted by Gasteiger charge is 2.31. The monoisotopic (exact) mass is 440 g/mol. The SMILES string of the molecule is Cn1cccc1[C@H](CNC(=O)C(=O)Nc1ccc(OC(F)(F)F)cc1)N1CCOCC1. The zero-order chi connectivity index (χ0) is 22.4. The highest BCUT2D eigenvalue weighted by molar-refractivity contribution is 6.39. The first-order chi connectivity index (χ1) is 14.7. The summed E-state index contributed by atoms with van der Waals surface area (Å²) >= 11 is 0. The molecule has 1 aliphatic rings. The third-order valence-corrected chi connectivity index (χ3v) is 4.82. The van der Waals surface area contributed by atoms with E-state index in [4.69, 9.17) is 4.74 Å². The fraction of sp³-hybridized carbons (Fsp3) is 0.400. The predicted octanol–water partition coefficient (Wildman–Crippen LogP) is 2.05. The molecule has 1 saturated heterocycles. The van der Waals surface area contributed by atoms with Crippen LogP contribution >= 0.6 is 0 Å². The number of ether oxygens (including phenoxy) is 2. The van der Waals surface area contributed by atoms with Crippen LogP contribution in [-0.4, -0.2) is 60.5 Å². The summed E-state index contributed by atoms with van der Waals surface area (Å²) < 4.78 is 47.8. The van der Waals surface area contributed by atoms with E-state index in [1.807, 2.05) is 29.9 Å². The van der Waals surface area contributed by atoms with E-state index in [2.05, 4.69) is 20.3 Å². The van der Waals surface area contributed by atoms with E-state index in [0.717, 1.165) is 17.8 Å². The van der Waals surface area contributed by atoms with Gasteiger partial charge in [0, 0.05) is 44.3 Å². The third-order valence-electron chi connectivity index (χ3n) is 4.82. The van der Waals surface area contributed by atoms with Gasteiger partial charge in [-0.2, -0.15) is 0 Å². The molecule has 0 aliphatic carbocycles. The Kier molecular flexibility index (Phi) is 7.18. The lowest BCUT2D eigenvalue weighted by Crippen LogP contribution is -2.46. The van der Waals surface area contributed by atoms with Gasteiger partial charge in [0.25, 0.3) is 0 Å². The number of carbonyl (C=O) groups is 2. The minimum Gasteiger partial charge on any atom is -0.406 e. The quantitative estimate of drug-likeness (QED) is 0.672. The van der Waals surface area contributed by atoms with Gasteiger partial charge in [0.05, 0.1) is 19.3 Å². The second-order valence-corrected chi connectivity index (χ2v) is 6.94. The first-order valence-electron chi connectivity index (χ1n) is 9.61. The van der Waals surface area contributed by atoms with Gasteiger partial charge in [-0.25, -0.2) is 0 Å². The number of nitrogens with zero attached hydrogens (tertiary/aromatic N) is 2. The molecule has 1 aromatic carbocycles. The molecule has 0 saturated carbocycles. The van der Waals surface area contributed by atoms with Crippen molar-refractivity contribution >= 4 is 17.5 Å². The van der Waals surface area contributed by atoms with Gasteiger partial charge in [0.15, 0.2) is 0 Å². The van der Waals surface area contributed by atoms with Crippen molar-refractivity contribution in [2.45, 2.75) is 12.4 Å². The second kappa shape index (κ2) is 9.84. The lowest BCUT2D eigenvalue weighted by Gasteiger charge is -2.34. The van der Waals surface area contributed by atoms with Gasteiger partial charge in [0.2, 0.25) is 0 Å². The largest absolute Gasteiger partial charge is 0.573 e. The van der Waals surface area contributed by atoms with E-state index >= 15 is 0 Å². The molecule has 8 nitrogen and oxygen atoms in total. The van der Waals surface area contributed by atoms with Crippen molar-refractivity contribution in [1.29, 1.82) is 0 Å². The molecule has 11 heteroatoms. The normalized spacial score (nSPS) is 15.9. The molecule has 2 N–H and O–H groups in total. The van der Waals surface area contributed by atoms with Crippen molar-refractivity contribution < 1.29 is 32.2 Å². The van der Waals surface area contributed by atoms with Gasteiger partial charge in [-0.3, -0.25) is 14.5 Å². The number of alkyl halides is 3. The molecular formula is C20H23F3N4O4. The molecule has 168 valence electrons. The highest BCUT2D eigenvalue weighted by Crippen LogP contribution is 2.24. The second-order valence-electron chi connectivity index (χ2n) is 6.94. The molecule has 1 atom stereocenters. The first kappa shape index (κ1) is 22.6. The highest BCUT2D eigenvalue weighted by atomic mass is 19.4. The fourth-order valence-electron chi connectivity index (χ4n) is 3.33. The van der Waals surface area contributed by atoms with Crippen molar-refractivity contribution in [1.82, 2.24) is 14.8 Å². The maximum absolute atomic E-state index is 12.3. The number of amides is 2. The van der Waals surface area contributed by atoms with E-state index in [-0.39, 0.29) is 18.3 Å². The Balaban J connectivity index is 1.57. The summed E-state index contributed by atoms with van der Waals surface area (Å²) in [6.45, 7) is 2.78. The van der Waals surface area contributed by atoms with E-state index in [0.29, 0.717) is 26.3 Å². The molecule has 1 aliphatic heterocycles. The Morgan fingerprint density at radius 1 is 1.13 bits per heavy atom. The number of rotatable bonds is 6. The van der Waals surface area contributed by atoms with Crippen LogP contribution in [0.15, 0.2) is 42.6 Å². The molecule has 2 heterocycles. The predicted molar refractivity (Wildman–Crippen MR) is 105 cm³/mol. The van der Waals surface area contributed by atoms with Crippen LogP contribution in [0, 0.1) is 0 Å². The Morgan fingerprint density at radius 3 is 2.39 bits per heavy atom. The topological polar surface area (TPSA) is 84.8 Å². The Labute approximate surface area is 176 Å². The zero-order valence-electron chi connectivity index (χ0n) is 16.8. The minimum atomic E-state index is -4.81. The first-order valence-corrected chi connectivity index (χ1v) is 9.61. The van der Waals surface area contributed by atoms with Crippen LogP contribution < -0.4 is 15.4 Å². The smallest absolute Gasteiger partial charge is 0.406 e. The summed E-state index contributed by atoms with van der Waals surface area (Å²) in [5.74, 6) is -2.19. The molecule has 0 unspecified atom stereocenters. The standard InChI is InChI=1S/C20H23F3N4O4/c1-26-8-2-3-16(26)17(27-9-11-30-12-10-27)13-24-18(28)19(29)25-14-4-6-15(7-5-14)31-20(21,22)23/h2-8,17H,9-13H2,1H3,(H,24,28)(H,25,29)/t17-/m0/s1. The molecule has 31 heavy (non-hydrogen) atoms. The van der Waals surface area contributed by atoms with E-state index in [1.165, 1.54) is 12.1 Å². The summed E-state index contributed by atoms with van der Waals surface area (Å²) in [5.41, 5.74) is 1.16. The molecule has 0 bridgehead atoms. The van der Waals surface area contributed by atoms with E-state index in [9.17, 15) is 22.8 Å². The Morgan fingerprint density at radius 2 is 1.81 bits per heavy atom. The average Bonchev–Trinajstić information content (AvgIpc) is 3.15. The van der Waals surface area contributed by atoms with Gasteiger partial charge in [-0.1, -0.05) is 0 Å². The van der Waals surface area contributed by atoms with E-state index in [1.54, 1.807) is 0 Å². The molecule has 0 spiro atoms.